The van der Waals surface area contributed by atoms with Gasteiger partial charge in [-0.2, -0.15) is 0 Å². The highest BCUT2D eigenvalue weighted by Gasteiger charge is 2.09. The minimum absolute atomic E-state index is 0.0988. The Labute approximate surface area is 113 Å². The lowest BCUT2D eigenvalue weighted by Gasteiger charge is -2.11. The van der Waals surface area contributed by atoms with E-state index in [1.807, 2.05) is 13.0 Å². The Morgan fingerprint density at radius 2 is 2.05 bits per heavy atom. The molecule has 104 valence electrons. The van der Waals surface area contributed by atoms with Crippen molar-refractivity contribution < 1.29 is 19.4 Å². The average Bonchev–Trinajstić information content (AvgIpc) is 2.46. The first-order valence-electron chi connectivity index (χ1n) is 6.43. The molecule has 0 radical (unpaired) electrons. The molecule has 1 N–H and O–H groups in total. The number of aryl methyl sites for hydroxylation is 2. The number of carbonyl (C=O) groups excluding carboxylic acids is 2. The van der Waals surface area contributed by atoms with Crippen molar-refractivity contribution in [1.29, 1.82) is 0 Å². The van der Waals surface area contributed by atoms with E-state index < -0.39 is 0 Å². The first-order valence-corrected chi connectivity index (χ1v) is 6.43. The third kappa shape index (κ3) is 4.17. The molecule has 0 amide bonds. The van der Waals surface area contributed by atoms with Crippen LogP contribution in [0.25, 0.3) is 0 Å². The molecule has 1 aromatic rings. The second kappa shape index (κ2) is 7.69. The van der Waals surface area contributed by atoms with Crippen LogP contribution >= 0.6 is 0 Å². The molecule has 0 aliphatic heterocycles. The standard InChI is InChI=1S/C15H20O4/c1-3-11-7-12(5-4-6-15(18)19-2)14(10-17)8-13(11)9-16/h7-9,17H,3-6,10H2,1-2H3. The van der Waals surface area contributed by atoms with Crippen molar-refractivity contribution in [3.63, 3.8) is 0 Å². The van der Waals surface area contributed by atoms with Crippen LogP contribution in [-0.4, -0.2) is 24.5 Å². The van der Waals surface area contributed by atoms with Crippen LogP contribution in [0.3, 0.4) is 0 Å². The van der Waals surface area contributed by atoms with E-state index in [-0.39, 0.29) is 12.6 Å². The van der Waals surface area contributed by atoms with Gasteiger partial charge in [-0.05, 0) is 42.0 Å². The maximum atomic E-state index is 11.1. The fraction of sp³-hybridized carbons (Fsp3) is 0.467. The molecule has 1 rings (SSSR count). The summed E-state index contributed by atoms with van der Waals surface area (Å²) in [6, 6.07) is 3.69. The van der Waals surface area contributed by atoms with Crippen molar-refractivity contribution in [2.45, 2.75) is 39.2 Å². The van der Waals surface area contributed by atoms with E-state index >= 15 is 0 Å². The largest absolute Gasteiger partial charge is 0.469 e. The Bertz CT molecular complexity index is 452. The molecule has 0 aliphatic carbocycles. The zero-order chi connectivity index (χ0) is 14.3. The van der Waals surface area contributed by atoms with Gasteiger partial charge in [-0.25, -0.2) is 0 Å². The van der Waals surface area contributed by atoms with Gasteiger partial charge >= 0.3 is 5.97 Å². The van der Waals surface area contributed by atoms with E-state index in [4.69, 9.17) is 0 Å². The molecule has 0 atom stereocenters. The molecular formula is C15H20O4. The zero-order valence-corrected chi connectivity index (χ0v) is 11.4. The number of carbonyl (C=O) groups is 2. The number of hydrogen-bond donors (Lipinski definition) is 1. The molecule has 0 bridgehead atoms. The van der Waals surface area contributed by atoms with Crippen molar-refractivity contribution in [3.8, 4) is 0 Å². The van der Waals surface area contributed by atoms with Gasteiger partial charge < -0.3 is 9.84 Å². The lowest BCUT2D eigenvalue weighted by Crippen LogP contribution is -2.04. The van der Waals surface area contributed by atoms with E-state index in [1.165, 1.54) is 7.11 Å². The van der Waals surface area contributed by atoms with E-state index in [0.29, 0.717) is 24.8 Å². The van der Waals surface area contributed by atoms with Gasteiger partial charge in [-0.15, -0.1) is 0 Å². The second-order valence-corrected chi connectivity index (χ2v) is 4.38. The number of rotatable bonds is 7. The minimum atomic E-state index is -0.231. The molecule has 0 fully saturated rings. The van der Waals surface area contributed by atoms with Crippen molar-refractivity contribution in [3.05, 3.63) is 34.4 Å². The quantitative estimate of drug-likeness (QED) is 0.604. The molecule has 19 heavy (non-hydrogen) atoms. The Kier molecular flexibility index (Phi) is 6.22. The number of aliphatic hydroxyl groups excluding tert-OH is 1. The van der Waals surface area contributed by atoms with E-state index in [1.54, 1.807) is 6.07 Å². The summed E-state index contributed by atoms with van der Waals surface area (Å²) in [5.74, 6) is -0.231. The SMILES string of the molecule is CCc1cc(CCCC(=O)OC)c(CO)cc1C=O. The fourth-order valence-electron chi connectivity index (χ4n) is 2.08. The molecule has 4 nitrogen and oxygen atoms in total. The van der Waals surface area contributed by atoms with Gasteiger partial charge in [-0.1, -0.05) is 13.0 Å². The third-order valence-electron chi connectivity index (χ3n) is 3.19. The smallest absolute Gasteiger partial charge is 0.305 e. The van der Waals surface area contributed by atoms with Gasteiger partial charge in [0.1, 0.15) is 6.29 Å². The van der Waals surface area contributed by atoms with Crippen LogP contribution < -0.4 is 0 Å². The number of benzene rings is 1. The van der Waals surface area contributed by atoms with E-state index in [0.717, 1.165) is 29.4 Å². The van der Waals surface area contributed by atoms with Gasteiger partial charge in [0, 0.05) is 12.0 Å². The number of aliphatic hydroxyl groups is 1. The lowest BCUT2D eigenvalue weighted by atomic mass is 9.94. The number of hydrogen-bond acceptors (Lipinski definition) is 4. The van der Waals surface area contributed by atoms with Gasteiger partial charge in [0.2, 0.25) is 0 Å². The van der Waals surface area contributed by atoms with Crippen molar-refractivity contribution in [2.24, 2.45) is 0 Å². The number of aldehydes is 1. The Balaban J connectivity index is 2.86. The van der Waals surface area contributed by atoms with Gasteiger partial charge in [0.25, 0.3) is 0 Å². The first-order chi connectivity index (χ1) is 9.15. The minimum Gasteiger partial charge on any atom is -0.469 e. The summed E-state index contributed by atoms with van der Waals surface area (Å²) < 4.78 is 4.59. The zero-order valence-electron chi connectivity index (χ0n) is 11.4. The molecule has 0 saturated carbocycles. The predicted octanol–water partition coefficient (Wildman–Crippen LogP) is 2.05. The van der Waals surface area contributed by atoms with Crippen LogP contribution in [0, 0.1) is 0 Å². The first kappa shape index (κ1) is 15.4. The predicted molar refractivity (Wildman–Crippen MR) is 72.1 cm³/mol. The highest BCUT2D eigenvalue weighted by atomic mass is 16.5. The van der Waals surface area contributed by atoms with Crippen LogP contribution in [-0.2, 0) is 29.0 Å². The summed E-state index contributed by atoms with van der Waals surface area (Å²) in [6.07, 6.45) is 3.30. The van der Waals surface area contributed by atoms with E-state index in [2.05, 4.69) is 4.74 Å². The number of esters is 1. The summed E-state index contributed by atoms with van der Waals surface area (Å²) in [5, 5.41) is 9.35. The van der Waals surface area contributed by atoms with Gasteiger partial charge in [0.15, 0.2) is 0 Å². The normalized spacial score (nSPS) is 10.3. The summed E-state index contributed by atoms with van der Waals surface area (Å²) in [4.78, 5) is 22.0. The van der Waals surface area contributed by atoms with Crippen LogP contribution in [0.5, 0.6) is 0 Å². The summed E-state index contributed by atoms with van der Waals surface area (Å²) >= 11 is 0. The highest BCUT2D eigenvalue weighted by molar-refractivity contribution is 5.78. The molecule has 0 saturated heterocycles. The Morgan fingerprint density at radius 1 is 1.32 bits per heavy atom. The molecule has 0 unspecified atom stereocenters. The monoisotopic (exact) mass is 264 g/mol. The Morgan fingerprint density at radius 3 is 2.58 bits per heavy atom. The molecule has 0 aliphatic rings. The molecule has 4 heteroatoms. The molecular weight excluding hydrogens is 244 g/mol. The van der Waals surface area contributed by atoms with Gasteiger partial charge in [-0.3, -0.25) is 9.59 Å². The van der Waals surface area contributed by atoms with Crippen LogP contribution in [0.15, 0.2) is 12.1 Å². The fourth-order valence-corrected chi connectivity index (χ4v) is 2.08. The molecule has 1 aromatic carbocycles. The summed E-state index contributed by atoms with van der Waals surface area (Å²) in [7, 11) is 1.37. The molecule has 0 heterocycles. The summed E-state index contributed by atoms with van der Waals surface area (Å²) in [6.45, 7) is 1.89. The average molecular weight is 264 g/mol. The van der Waals surface area contributed by atoms with Crippen molar-refractivity contribution in [2.75, 3.05) is 7.11 Å². The maximum absolute atomic E-state index is 11.1. The number of ether oxygens (including phenoxy) is 1. The van der Waals surface area contributed by atoms with Crippen LogP contribution in [0.4, 0.5) is 0 Å². The maximum Gasteiger partial charge on any atom is 0.305 e. The number of methoxy groups -OCH3 is 1. The van der Waals surface area contributed by atoms with Crippen LogP contribution in [0.2, 0.25) is 0 Å². The van der Waals surface area contributed by atoms with E-state index in [9.17, 15) is 14.7 Å². The topological polar surface area (TPSA) is 63.6 Å². The lowest BCUT2D eigenvalue weighted by molar-refractivity contribution is -0.140. The third-order valence-corrected chi connectivity index (χ3v) is 3.19. The van der Waals surface area contributed by atoms with Crippen LogP contribution in [0.1, 0.15) is 46.8 Å². The van der Waals surface area contributed by atoms with Crippen molar-refractivity contribution >= 4 is 12.3 Å². The summed E-state index contributed by atoms with van der Waals surface area (Å²) in [5.41, 5.74) is 3.35. The Hall–Kier alpha value is -1.68. The highest BCUT2D eigenvalue weighted by Crippen LogP contribution is 2.19. The van der Waals surface area contributed by atoms with Crippen molar-refractivity contribution in [1.82, 2.24) is 0 Å². The van der Waals surface area contributed by atoms with Gasteiger partial charge in [0.05, 0.1) is 13.7 Å². The molecule has 0 spiro atoms. The second-order valence-electron chi connectivity index (χ2n) is 4.38. The molecule has 0 aromatic heterocycles.